The second-order valence-electron chi connectivity index (χ2n) is 5.34. The summed E-state index contributed by atoms with van der Waals surface area (Å²) in [7, 11) is 0. The standard InChI is InChI=1S/C17H11ClFN3O3/c1-2-22-13-6-3-9(7-14(13)24-17(22)23)15-20-16(25-21-15)11-8-10(18)4-5-12(11)19/h3-8H,2H2,1H3. The average Bonchev–Trinajstić information content (AvgIpc) is 3.20. The molecule has 126 valence electrons. The summed E-state index contributed by atoms with van der Waals surface area (Å²) in [6.07, 6.45) is 0. The maximum Gasteiger partial charge on any atom is 0.419 e. The van der Waals surface area contributed by atoms with E-state index in [1.807, 2.05) is 6.92 Å². The SMILES string of the molecule is CCn1c(=O)oc2cc(-c3noc(-c4cc(Cl)ccc4F)n3)ccc21. The van der Waals surface area contributed by atoms with Crippen LogP contribution in [0.2, 0.25) is 5.02 Å². The fraction of sp³-hybridized carbons (Fsp3) is 0.118. The number of aryl methyl sites for hydroxylation is 1. The Kier molecular flexibility index (Phi) is 3.65. The van der Waals surface area contributed by atoms with Crippen molar-refractivity contribution in [3.63, 3.8) is 0 Å². The van der Waals surface area contributed by atoms with Crippen molar-refractivity contribution >= 4 is 22.7 Å². The molecule has 6 nitrogen and oxygen atoms in total. The Labute approximate surface area is 145 Å². The lowest BCUT2D eigenvalue weighted by molar-refractivity contribution is 0.429. The van der Waals surface area contributed by atoms with E-state index in [2.05, 4.69) is 10.1 Å². The van der Waals surface area contributed by atoms with Crippen LogP contribution in [0, 0.1) is 5.82 Å². The number of fused-ring (bicyclic) bond motifs is 1. The van der Waals surface area contributed by atoms with Crippen LogP contribution in [0.15, 0.2) is 50.1 Å². The summed E-state index contributed by atoms with van der Waals surface area (Å²) in [5, 5.41) is 4.23. The van der Waals surface area contributed by atoms with Crippen molar-refractivity contribution in [2.45, 2.75) is 13.5 Å². The molecule has 0 saturated heterocycles. The molecule has 0 saturated carbocycles. The Morgan fingerprint density at radius 2 is 2.08 bits per heavy atom. The quantitative estimate of drug-likeness (QED) is 0.550. The Bertz CT molecular complexity index is 1150. The first-order chi connectivity index (χ1) is 12.1. The molecule has 2 heterocycles. The highest BCUT2D eigenvalue weighted by molar-refractivity contribution is 6.30. The molecule has 0 radical (unpaired) electrons. The van der Waals surface area contributed by atoms with Crippen LogP contribution >= 0.6 is 11.6 Å². The van der Waals surface area contributed by atoms with E-state index in [0.29, 0.717) is 28.2 Å². The van der Waals surface area contributed by atoms with Gasteiger partial charge in [-0.2, -0.15) is 4.98 Å². The van der Waals surface area contributed by atoms with Gasteiger partial charge in [0.05, 0.1) is 11.1 Å². The zero-order valence-electron chi connectivity index (χ0n) is 13.0. The van der Waals surface area contributed by atoms with Gasteiger partial charge in [-0.15, -0.1) is 0 Å². The number of hydrogen-bond acceptors (Lipinski definition) is 5. The zero-order valence-corrected chi connectivity index (χ0v) is 13.7. The lowest BCUT2D eigenvalue weighted by atomic mass is 10.2. The third-order valence-electron chi connectivity index (χ3n) is 3.83. The Hall–Kier alpha value is -2.93. The Morgan fingerprint density at radius 3 is 2.88 bits per heavy atom. The van der Waals surface area contributed by atoms with E-state index in [0.717, 1.165) is 0 Å². The van der Waals surface area contributed by atoms with Crippen molar-refractivity contribution in [3.8, 4) is 22.8 Å². The molecule has 0 amide bonds. The van der Waals surface area contributed by atoms with E-state index in [-0.39, 0.29) is 17.3 Å². The summed E-state index contributed by atoms with van der Waals surface area (Å²) in [5.74, 6) is -0.670. The second-order valence-corrected chi connectivity index (χ2v) is 5.78. The summed E-state index contributed by atoms with van der Waals surface area (Å²) in [4.78, 5) is 16.0. The number of aromatic nitrogens is 3. The molecule has 4 rings (SSSR count). The smallest absolute Gasteiger partial charge is 0.408 e. The number of rotatable bonds is 3. The highest BCUT2D eigenvalue weighted by atomic mass is 35.5. The molecule has 2 aromatic heterocycles. The van der Waals surface area contributed by atoms with E-state index in [4.69, 9.17) is 20.5 Å². The third-order valence-corrected chi connectivity index (χ3v) is 4.06. The first-order valence-electron chi connectivity index (χ1n) is 7.49. The number of nitrogens with zero attached hydrogens (tertiary/aromatic N) is 3. The minimum absolute atomic E-state index is 0.0164. The summed E-state index contributed by atoms with van der Waals surface area (Å²) in [5.41, 5.74) is 1.81. The van der Waals surface area contributed by atoms with Gasteiger partial charge in [0.25, 0.3) is 5.89 Å². The molecule has 8 heteroatoms. The molecule has 25 heavy (non-hydrogen) atoms. The Balaban J connectivity index is 1.78. The fourth-order valence-corrected chi connectivity index (χ4v) is 2.79. The third kappa shape index (κ3) is 2.62. The Morgan fingerprint density at radius 1 is 1.24 bits per heavy atom. The van der Waals surface area contributed by atoms with Crippen LogP contribution in [0.1, 0.15) is 6.92 Å². The molecule has 0 spiro atoms. The number of oxazole rings is 1. The molecule has 4 aromatic rings. The van der Waals surface area contributed by atoms with E-state index in [1.165, 1.54) is 22.8 Å². The van der Waals surface area contributed by atoms with Gasteiger partial charge in [0.2, 0.25) is 5.82 Å². The number of hydrogen-bond donors (Lipinski definition) is 0. The van der Waals surface area contributed by atoms with Crippen molar-refractivity contribution in [1.29, 1.82) is 0 Å². The van der Waals surface area contributed by atoms with Gasteiger partial charge >= 0.3 is 5.76 Å². The largest absolute Gasteiger partial charge is 0.419 e. The predicted octanol–water partition coefficient (Wildman–Crippen LogP) is 4.12. The minimum atomic E-state index is -0.513. The van der Waals surface area contributed by atoms with Gasteiger partial charge in [0.15, 0.2) is 5.58 Å². The van der Waals surface area contributed by atoms with Crippen molar-refractivity contribution in [3.05, 3.63) is 57.8 Å². The summed E-state index contributed by atoms with van der Waals surface area (Å²) >= 11 is 5.89. The molecule has 0 aliphatic carbocycles. The molecule has 0 aliphatic heterocycles. The number of halogens is 2. The molecule has 2 aromatic carbocycles. The van der Waals surface area contributed by atoms with Crippen molar-refractivity contribution in [1.82, 2.24) is 14.7 Å². The lowest BCUT2D eigenvalue weighted by Gasteiger charge is -1.98. The molecular formula is C17H11ClFN3O3. The average molecular weight is 360 g/mol. The summed E-state index contributed by atoms with van der Waals surface area (Å²) in [6.45, 7) is 2.36. The first-order valence-corrected chi connectivity index (χ1v) is 7.87. The van der Waals surface area contributed by atoms with E-state index in [9.17, 15) is 9.18 Å². The van der Waals surface area contributed by atoms with Crippen LogP contribution in [0.3, 0.4) is 0 Å². The lowest BCUT2D eigenvalue weighted by Crippen LogP contribution is -2.11. The monoisotopic (exact) mass is 359 g/mol. The summed E-state index contributed by atoms with van der Waals surface area (Å²) in [6, 6.07) is 9.22. The normalized spacial score (nSPS) is 11.3. The van der Waals surface area contributed by atoms with Gasteiger partial charge in [0.1, 0.15) is 5.82 Å². The van der Waals surface area contributed by atoms with Crippen LogP contribution < -0.4 is 5.76 Å². The second kappa shape index (κ2) is 5.86. The van der Waals surface area contributed by atoms with Crippen LogP contribution in [-0.2, 0) is 6.54 Å². The minimum Gasteiger partial charge on any atom is -0.408 e. The van der Waals surface area contributed by atoms with Crippen molar-refractivity contribution in [2.75, 3.05) is 0 Å². The van der Waals surface area contributed by atoms with Crippen LogP contribution in [-0.4, -0.2) is 14.7 Å². The maximum absolute atomic E-state index is 13.9. The zero-order chi connectivity index (χ0) is 17.6. The van der Waals surface area contributed by atoms with Crippen molar-refractivity contribution in [2.24, 2.45) is 0 Å². The number of benzene rings is 2. The molecule has 0 unspecified atom stereocenters. The van der Waals surface area contributed by atoms with Gasteiger partial charge in [-0.3, -0.25) is 4.57 Å². The molecule has 0 aliphatic rings. The van der Waals surface area contributed by atoms with Gasteiger partial charge < -0.3 is 8.94 Å². The van der Waals surface area contributed by atoms with Gasteiger partial charge in [-0.1, -0.05) is 16.8 Å². The molecule has 0 bridgehead atoms. The van der Waals surface area contributed by atoms with Crippen LogP contribution in [0.5, 0.6) is 0 Å². The molecule has 0 atom stereocenters. The predicted molar refractivity (Wildman–Crippen MR) is 89.8 cm³/mol. The van der Waals surface area contributed by atoms with E-state index >= 15 is 0 Å². The summed E-state index contributed by atoms with van der Waals surface area (Å²) < 4.78 is 25.8. The topological polar surface area (TPSA) is 74.1 Å². The first kappa shape index (κ1) is 15.6. The molecule has 0 fully saturated rings. The highest BCUT2D eigenvalue weighted by Gasteiger charge is 2.16. The molecule has 0 N–H and O–H groups in total. The van der Waals surface area contributed by atoms with Gasteiger partial charge in [-0.05, 0) is 43.3 Å². The van der Waals surface area contributed by atoms with Crippen LogP contribution in [0.4, 0.5) is 4.39 Å². The van der Waals surface area contributed by atoms with Crippen LogP contribution in [0.25, 0.3) is 33.9 Å². The maximum atomic E-state index is 13.9. The van der Waals surface area contributed by atoms with E-state index < -0.39 is 11.6 Å². The van der Waals surface area contributed by atoms with Gasteiger partial charge in [-0.25, -0.2) is 9.18 Å². The fourth-order valence-electron chi connectivity index (χ4n) is 2.62. The van der Waals surface area contributed by atoms with Crippen molar-refractivity contribution < 1.29 is 13.3 Å². The molecular weight excluding hydrogens is 349 g/mol. The van der Waals surface area contributed by atoms with E-state index in [1.54, 1.807) is 18.2 Å². The van der Waals surface area contributed by atoms with Gasteiger partial charge in [0, 0.05) is 17.1 Å². The highest BCUT2D eigenvalue weighted by Crippen LogP contribution is 2.28.